The molecule has 0 bridgehead atoms. The van der Waals surface area contributed by atoms with E-state index in [9.17, 15) is 8.78 Å². The number of allylic oxidation sites excluding steroid dienone is 1. The maximum absolute atomic E-state index is 13.6. The highest BCUT2D eigenvalue weighted by molar-refractivity contribution is 5.88. The number of hydrogen-bond donors (Lipinski definition) is 2. The highest BCUT2D eigenvalue weighted by Crippen LogP contribution is 2.24. The molecule has 1 atom stereocenters. The predicted octanol–water partition coefficient (Wildman–Crippen LogP) is 3.85. The second-order valence-electron chi connectivity index (χ2n) is 7.08. The summed E-state index contributed by atoms with van der Waals surface area (Å²) in [6, 6.07) is 5.60. The first-order chi connectivity index (χ1) is 15.0. The normalized spacial score (nSPS) is 15.4. The Hall–Kier alpha value is -3.86. The lowest BCUT2D eigenvalue weighted by Gasteiger charge is -2.19. The van der Waals surface area contributed by atoms with Gasteiger partial charge in [0.25, 0.3) is 0 Å². The van der Waals surface area contributed by atoms with Crippen molar-refractivity contribution in [3.8, 4) is 17.6 Å². The molecule has 0 amide bonds. The third kappa shape index (κ3) is 4.51. The van der Waals surface area contributed by atoms with Crippen LogP contribution in [0.15, 0.2) is 55.5 Å². The van der Waals surface area contributed by atoms with Crippen molar-refractivity contribution in [3.05, 3.63) is 72.9 Å². The SMILES string of the molecule is C=CC(=C)N1CC[C@@H](Nc2ncnc3[nH]c(C#CCOc4c(F)cccc4F)cc23)C1. The lowest BCUT2D eigenvalue weighted by atomic mass is 10.2. The summed E-state index contributed by atoms with van der Waals surface area (Å²) in [4.78, 5) is 13.9. The van der Waals surface area contributed by atoms with Gasteiger partial charge in [0, 0.05) is 24.8 Å². The van der Waals surface area contributed by atoms with Crippen molar-refractivity contribution >= 4 is 16.9 Å². The van der Waals surface area contributed by atoms with Crippen molar-refractivity contribution in [2.24, 2.45) is 0 Å². The first-order valence-electron chi connectivity index (χ1n) is 9.77. The minimum Gasteiger partial charge on any atom is -0.475 e. The van der Waals surface area contributed by atoms with Gasteiger partial charge in [0.15, 0.2) is 17.4 Å². The van der Waals surface area contributed by atoms with Gasteiger partial charge in [-0.3, -0.25) is 0 Å². The number of anilines is 1. The first-order valence-corrected chi connectivity index (χ1v) is 9.77. The number of ether oxygens (including phenoxy) is 1. The number of nitrogens with zero attached hydrogens (tertiary/aromatic N) is 3. The highest BCUT2D eigenvalue weighted by Gasteiger charge is 2.23. The summed E-state index contributed by atoms with van der Waals surface area (Å²) < 4.78 is 32.3. The van der Waals surface area contributed by atoms with E-state index in [0.29, 0.717) is 11.3 Å². The van der Waals surface area contributed by atoms with Crippen molar-refractivity contribution in [1.29, 1.82) is 0 Å². The quantitative estimate of drug-likeness (QED) is 0.468. The minimum atomic E-state index is -0.763. The molecule has 3 heterocycles. The van der Waals surface area contributed by atoms with Crippen molar-refractivity contribution < 1.29 is 13.5 Å². The van der Waals surface area contributed by atoms with Crippen LogP contribution in [0, 0.1) is 23.5 Å². The molecule has 0 aliphatic carbocycles. The van der Waals surface area contributed by atoms with Gasteiger partial charge in [0.05, 0.1) is 11.1 Å². The van der Waals surface area contributed by atoms with Gasteiger partial charge in [-0.05, 0) is 36.6 Å². The summed E-state index contributed by atoms with van der Waals surface area (Å²) in [7, 11) is 0. The molecule has 0 saturated carbocycles. The van der Waals surface area contributed by atoms with Crippen molar-refractivity contribution in [2.75, 3.05) is 25.0 Å². The maximum atomic E-state index is 13.6. The van der Waals surface area contributed by atoms with Crippen molar-refractivity contribution in [3.63, 3.8) is 0 Å². The second kappa shape index (κ2) is 8.88. The third-order valence-electron chi connectivity index (χ3n) is 5.03. The van der Waals surface area contributed by atoms with Crippen LogP contribution in [0.5, 0.6) is 5.75 Å². The van der Waals surface area contributed by atoms with Gasteiger partial charge in [-0.1, -0.05) is 25.1 Å². The van der Waals surface area contributed by atoms with E-state index in [0.717, 1.165) is 48.5 Å². The fourth-order valence-corrected chi connectivity index (χ4v) is 3.44. The van der Waals surface area contributed by atoms with E-state index in [-0.39, 0.29) is 12.6 Å². The molecule has 3 aromatic rings. The van der Waals surface area contributed by atoms with Gasteiger partial charge in [-0.2, -0.15) is 0 Å². The Morgan fingerprint density at radius 3 is 2.94 bits per heavy atom. The van der Waals surface area contributed by atoms with Crippen LogP contribution in [0.1, 0.15) is 12.1 Å². The van der Waals surface area contributed by atoms with Crippen LogP contribution in [0.3, 0.4) is 0 Å². The number of likely N-dealkylation sites (tertiary alicyclic amines) is 1. The zero-order valence-corrected chi connectivity index (χ0v) is 16.8. The van der Waals surface area contributed by atoms with E-state index < -0.39 is 17.4 Å². The molecule has 1 aromatic carbocycles. The van der Waals surface area contributed by atoms with Gasteiger partial charge in [-0.25, -0.2) is 18.7 Å². The molecular formula is C23H21F2N5O. The summed E-state index contributed by atoms with van der Waals surface area (Å²) in [5.41, 5.74) is 2.16. The van der Waals surface area contributed by atoms with E-state index in [4.69, 9.17) is 4.74 Å². The van der Waals surface area contributed by atoms with Crippen molar-refractivity contribution in [1.82, 2.24) is 19.9 Å². The minimum absolute atomic E-state index is 0.158. The second-order valence-corrected chi connectivity index (χ2v) is 7.08. The van der Waals surface area contributed by atoms with Crippen LogP contribution in [0.2, 0.25) is 0 Å². The summed E-state index contributed by atoms with van der Waals surface area (Å²) in [6.45, 7) is 9.33. The van der Waals surface area contributed by atoms with Gasteiger partial charge in [0.1, 0.15) is 24.4 Å². The molecule has 8 heteroatoms. The molecule has 0 radical (unpaired) electrons. The summed E-state index contributed by atoms with van der Waals surface area (Å²) in [6.07, 6.45) is 4.20. The number of H-pyrrole nitrogens is 1. The lowest BCUT2D eigenvalue weighted by molar-refractivity contribution is 0.326. The molecule has 1 aliphatic heterocycles. The molecule has 1 fully saturated rings. The van der Waals surface area contributed by atoms with E-state index >= 15 is 0 Å². The van der Waals surface area contributed by atoms with E-state index in [2.05, 4.69) is 50.2 Å². The smallest absolute Gasteiger partial charge is 0.191 e. The molecule has 4 rings (SSSR count). The number of rotatable bonds is 6. The van der Waals surface area contributed by atoms with Gasteiger partial charge < -0.3 is 19.9 Å². The van der Waals surface area contributed by atoms with Crippen LogP contribution in [0.25, 0.3) is 11.0 Å². The number of hydrogen-bond acceptors (Lipinski definition) is 5. The Morgan fingerprint density at radius 2 is 2.16 bits per heavy atom. The number of halogens is 2. The summed E-state index contributed by atoms with van der Waals surface area (Å²) in [5.74, 6) is 4.40. The van der Waals surface area contributed by atoms with Gasteiger partial charge >= 0.3 is 0 Å². The number of aromatic nitrogens is 3. The predicted molar refractivity (Wildman–Crippen MR) is 116 cm³/mol. The number of para-hydroxylation sites is 1. The Balaban J connectivity index is 1.44. The van der Waals surface area contributed by atoms with E-state index in [1.54, 1.807) is 6.08 Å². The molecular weight excluding hydrogens is 400 g/mol. The van der Waals surface area contributed by atoms with Crippen LogP contribution in [-0.4, -0.2) is 45.6 Å². The molecule has 158 valence electrons. The first kappa shape index (κ1) is 20.4. The zero-order valence-electron chi connectivity index (χ0n) is 16.8. The number of benzene rings is 1. The number of nitrogens with one attached hydrogen (secondary N) is 2. The van der Waals surface area contributed by atoms with E-state index in [1.165, 1.54) is 12.4 Å². The number of aromatic amines is 1. The molecule has 1 aliphatic rings. The topological polar surface area (TPSA) is 66.1 Å². The van der Waals surface area contributed by atoms with Gasteiger partial charge in [0.2, 0.25) is 0 Å². The molecule has 6 nitrogen and oxygen atoms in total. The Labute approximate surface area is 178 Å². The Kier molecular flexibility index (Phi) is 5.85. The standard InChI is InChI=1S/C23H21F2N5O/c1-3-15(2)30-10-9-17(13-30)29-23-18-12-16(28-22(18)26-14-27-23)6-5-11-31-21-19(24)7-4-8-20(21)25/h3-4,7-8,12,14,17H,1-2,9-11,13H2,(H2,26,27,28,29)/t17-/m1/s1. The largest absolute Gasteiger partial charge is 0.475 e. The lowest BCUT2D eigenvalue weighted by Crippen LogP contribution is -2.25. The van der Waals surface area contributed by atoms with Crippen LogP contribution in [-0.2, 0) is 0 Å². The Bertz CT molecular complexity index is 1170. The summed E-state index contributed by atoms with van der Waals surface area (Å²) in [5, 5.41) is 4.28. The fourth-order valence-electron chi connectivity index (χ4n) is 3.44. The Morgan fingerprint density at radius 1 is 1.35 bits per heavy atom. The fraction of sp³-hybridized carbons (Fsp3) is 0.217. The molecule has 2 aromatic heterocycles. The van der Waals surface area contributed by atoms with Crippen molar-refractivity contribution in [2.45, 2.75) is 12.5 Å². The van der Waals surface area contributed by atoms with Crippen LogP contribution in [0.4, 0.5) is 14.6 Å². The molecule has 31 heavy (non-hydrogen) atoms. The van der Waals surface area contributed by atoms with Crippen LogP contribution < -0.4 is 10.1 Å². The summed E-state index contributed by atoms with van der Waals surface area (Å²) >= 11 is 0. The van der Waals surface area contributed by atoms with E-state index in [1.807, 2.05) is 6.07 Å². The number of fused-ring (bicyclic) bond motifs is 1. The highest BCUT2D eigenvalue weighted by atomic mass is 19.1. The molecule has 0 unspecified atom stereocenters. The average Bonchev–Trinajstić information content (AvgIpc) is 3.39. The third-order valence-corrected chi connectivity index (χ3v) is 5.03. The zero-order chi connectivity index (χ0) is 21.8. The maximum Gasteiger partial charge on any atom is 0.191 e. The molecule has 0 spiro atoms. The van der Waals surface area contributed by atoms with Crippen LogP contribution >= 0.6 is 0 Å². The van der Waals surface area contributed by atoms with Gasteiger partial charge in [-0.15, -0.1) is 0 Å². The molecule has 1 saturated heterocycles. The average molecular weight is 421 g/mol. The monoisotopic (exact) mass is 421 g/mol. The molecule has 2 N–H and O–H groups in total.